The van der Waals surface area contributed by atoms with E-state index in [-0.39, 0.29) is 0 Å². The van der Waals surface area contributed by atoms with Crippen LogP contribution in [0, 0.1) is 11.3 Å². The Kier molecular flexibility index (Phi) is 2.68. The lowest BCUT2D eigenvalue weighted by molar-refractivity contribution is 0.869. The number of rotatable bonds is 1. The van der Waals surface area contributed by atoms with Gasteiger partial charge in [-0.3, -0.25) is 0 Å². The van der Waals surface area contributed by atoms with E-state index in [2.05, 4.69) is 32.0 Å². The van der Waals surface area contributed by atoms with E-state index in [9.17, 15) is 0 Å². The number of hydrogen-bond donors (Lipinski definition) is 0. The molecule has 0 radical (unpaired) electrons. The maximum atomic E-state index is 8.87. The highest BCUT2D eigenvalue weighted by Crippen LogP contribution is 2.36. The van der Waals surface area contributed by atoms with Crippen molar-refractivity contribution in [3.8, 4) is 6.07 Å². The molecule has 0 unspecified atom stereocenters. The van der Waals surface area contributed by atoms with Crippen molar-refractivity contribution in [2.75, 3.05) is 0 Å². The third-order valence-corrected chi connectivity index (χ3v) is 3.98. The van der Waals surface area contributed by atoms with Gasteiger partial charge in [0.05, 0.1) is 5.02 Å². The Balaban J connectivity index is 2.69. The molecule has 1 aromatic carbocycles. The first-order chi connectivity index (χ1) is 7.13. The van der Waals surface area contributed by atoms with Gasteiger partial charge >= 0.3 is 0 Å². The topological polar surface area (TPSA) is 23.8 Å². The molecule has 1 aromatic heterocycles. The number of fused-ring (bicyclic) bond motifs is 1. The standard InChI is InChI=1S/C12H10ClNS/c1-7(2)8-3-4-9-10(5-8)15-11(6-14)12(9)13/h3-5,7H,1-2H3. The molecule has 0 N–H and O–H groups in total. The molecule has 0 saturated heterocycles. The number of thiophene rings is 1. The molecule has 1 nitrogen and oxygen atoms in total. The van der Waals surface area contributed by atoms with E-state index in [0.29, 0.717) is 15.8 Å². The number of halogens is 1. The molecule has 76 valence electrons. The summed E-state index contributed by atoms with van der Waals surface area (Å²) >= 11 is 7.54. The van der Waals surface area contributed by atoms with Crippen LogP contribution in [0.25, 0.3) is 10.1 Å². The van der Waals surface area contributed by atoms with Gasteiger partial charge in [0.2, 0.25) is 0 Å². The molecule has 15 heavy (non-hydrogen) atoms. The van der Waals surface area contributed by atoms with Gasteiger partial charge < -0.3 is 0 Å². The fraction of sp³-hybridized carbons (Fsp3) is 0.250. The van der Waals surface area contributed by atoms with Crippen molar-refractivity contribution < 1.29 is 0 Å². The molecule has 3 heteroatoms. The van der Waals surface area contributed by atoms with Crippen molar-refractivity contribution in [2.24, 2.45) is 0 Å². The van der Waals surface area contributed by atoms with Crippen LogP contribution in [0.3, 0.4) is 0 Å². The summed E-state index contributed by atoms with van der Waals surface area (Å²) in [6.07, 6.45) is 0. The monoisotopic (exact) mass is 235 g/mol. The highest BCUT2D eigenvalue weighted by molar-refractivity contribution is 7.20. The number of hydrogen-bond acceptors (Lipinski definition) is 2. The highest BCUT2D eigenvalue weighted by atomic mass is 35.5. The molecule has 0 saturated carbocycles. The first-order valence-corrected chi connectivity index (χ1v) is 5.95. The molecule has 2 rings (SSSR count). The maximum absolute atomic E-state index is 8.87. The predicted octanol–water partition coefficient (Wildman–Crippen LogP) is 4.55. The second-order valence-electron chi connectivity index (χ2n) is 3.77. The summed E-state index contributed by atoms with van der Waals surface area (Å²) in [5.74, 6) is 0.501. The summed E-state index contributed by atoms with van der Waals surface area (Å²) in [5.41, 5.74) is 1.28. The van der Waals surface area contributed by atoms with Gasteiger partial charge in [-0.1, -0.05) is 37.6 Å². The maximum Gasteiger partial charge on any atom is 0.124 e. The van der Waals surface area contributed by atoms with Crippen molar-refractivity contribution in [1.29, 1.82) is 5.26 Å². The third kappa shape index (κ3) is 1.73. The van der Waals surface area contributed by atoms with Crippen LogP contribution in [0.1, 0.15) is 30.2 Å². The smallest absolute Gasteiger partial charge is 0.124 e. The van der Waals surface area contributed by atoms with Crippen molar-refractivity contribution in [3.63, 3.8) is 0 Å². The van der Waals surface area contributed by atoms with Crippen LogP contribution in [-0.2, 0) is 0 Å². The lowest BCUT2D eigenvalue weighted by Gasteiger charge is -2.04. The summed E-state index contributed by atoms with van der Waals surface area (Å²) < 4.78 is 1.10. The van der Waals surface area contributed by atoms with E-state index in [1.165, 1.54) is 16.9 Å². The van der Waals surface area contributed by atoms with Gasteiger partial charge in [-0.2, -0.15) is 5.26 Å². The van der Waals surface area contributed by atoms with Gasteiger partial charge in [0.1, 0.15) is 10.9 Å². The average molecular weight is 236 g/mol. The summed E-state index contributed by atoms with van der Waals surface area (Å²) in [6.45, 7) is 4.31. The van der Waals surface area contributed by atoms with E-state index in [0.717, 1.165) is 10.1 Å². The van der Waals surface area contributed by atoms with Crippen LogP contribution in [0.15, 0.2) is 18.2 Å². The van der Waals surface area contributed by atoms with Crippen LogP contribution < -0.4 is 0 Å². The minimum Gasteiger partial charge on any atom is -0.191 e. The molecular formula is C12H10ClNS. The Labute approximate surface area is 97.9 Å². The molecular weight excluding hydrogens is 226 g/mol. The Morgan fingerprint density at radius 1 is 1.40 bits per heavy atom. The molecule has 2 aromatic rings. The third-order valence-electron chi connectivity index (χ3n) is 2.42. The fourth-order valence-corrected chi connectivity index (χ4v) is 2.83. The van der Waals surface area contributed by atoms with Crippen molar-refractivity contribution in [3.05, 3.63) is 33.7 Å². The lowest BCUT2D eigenvalue weighted by atomic mass is 10.0. The molecule has 0 bridgehead atoms. The van der Waals surface area contributed by atoms with Gasteiger partial charge in [-0.25, -0.2) is 0 Å². The van der Waals surface area contributed by atoms with E-state index in [4.69, 9.17) is 16.9 Å². The van der Waals surface area contributed by atoms with E-state index < -0.39 is 0 Å². The minimum atomic E-state index is 0.501. The van der Waals surface area contributed by atoms with Crippen LogP contribution in [0.2, 0.25) is 5.02 Å². The number of nitrogens with zero attached hydrogens (tertiary/aromatic N) is 1. The van der Waals surface area contributed by atoms with Crippen LogP contribution >= 0.6 is 22.9 Å². The molecule has 0 spiro atoms. The van der Waals surface area contributed by atoms with Gasteiger partial charge in [0.15, 0.2) is 0 Å². The number of nitriles is 1. The zero-order valence-electron chi connectivity index (χ0n) is 8.54. The van der Waals surface area contributed by atoms with Crippen molar-refractivity contribution in [1.82, 2.24) is 0 Å². The van der Waals surface area contributed by atoms with E-state index >= 15 is 0 Å². The molecule has 1 heterocycles. The fourth-order valence-electron chi connectivity index (χ4n) is 1.51. The zero-order valence-corrected chi connectivity index (χ0v) is 10.1. The van der Waals surface area contributed by atoms with Crippen LogP contribution in [-0.4, -0.2) is 0 Å². The SMILES string of the molecule is CC(C)c1ccc2c(Cl)c(C#N)sc2c1. The summed E-state index contributed by atoms with van der Waals surface area (Å²) in [7, 11) is 0. The van der Waals surface area contributed by atoms with Crippen LogP contribution in [0.4, 0.5) is 0 Å². The molecule has 0 aliphatic heterocycles. The minimum absolute atomic E-state index is 0.501. The van der Waals surface area contributed by atoms with Gasteiger partial charge in [0, 0.05) is 10.1 Å². The van der Waals surface area contributed by atoms with Gasteiger partial charge in [0.25, 0.3) is 0 Å². The summed E-state index contributed by atoms with van der Waals surface area (Å²) in [5, 5.41) is 10.5. The average Bonchev–Trinajstić information content (AvgIpc) is 2.55. The quantitative estimate of drug-likeness (QED) is 0.711. The number of benzene rings is 1. The molecule has 0 aliphatic rings. The second kappa shape index (κ2) is 3.84. The Hall–Kier alpha value is -1.04. The first kappa shape index (κ1) is 10.5. The Morgan fingerprint density at radius 3 is 2.73 bits per heavy atom. The molecule has 0 amide bonds. The van der Waals surface area contributed by atoms with Crippen LogP contribution in [0.5, 0.6) is 0 Å². The van der Waals surface area contributed by atoms with E-state index in [1.54, 1.807) is 0 Å². The molecule has 0 aliphatic carbocycles. The Bertz CT molecular complexity index is 548. The Morgan fingerprint density at radius 2 is 2.13 bits per heavy atom. The largest absolute Gasteiger partial charge is 0.191 e. The van der Waals surface area contributed by atoms with E-state index in [1.807, 2.05) is 6.07 Å². The zero-order chi connectivity index (χ0) is 11.0. The van der Waals surface area contributed by atoms with Gasteiger partial charge in [-0.15, -0.1) is 11.3 Å². The highest BCUT2D eigenvalue weighted by Gasteiger charge is 2.10. The first-order valence-electron chi connectivity index (χ1n) is 4.75. The van der Waals surface area contributed by atoms with Gasteiger partial charge in [-0.05, 0) is 17.5 Å². The summed E-state index contributed by atoms with van der Waals surface area (Å²) in [4.78, 5) is 0.604. The lowest BCUT2D eigenvalue weighted by Crippen LogP contribution is -1.84. The second-order valence-corrected chi connectivity index (χ2v) is 5.20. The summed E-state index contributed by atoms with van der Waals surface area (Å²) in [6, 6.07) is 8.32. The molecule has 0 fully saturated rings. The normalized spacial score (nSPS) is 10.9. The molecule has 0 atom stereocenters. The van der Waals surface area contributed by atoms with Crippen molar-refractivity contribution in [2.45, 2.75) is 19.8 Å². The predicted molar refractivity (Wildman–Crippen MR) is 65.6 cm³/mol. The van der Waals surface area contributed by atoms with Crippen molar-refractivity contribution >= 4 is 33.0 Å².